The van der Waals surface area contributed by atoms with Gasteiger partial charge in [0.15, 0.2) is 23.3 Å². The highest BCUT2D eigenvalue weighted by Gasteiger charge is 2.23. The summed E-state index contributed by atoms with van der Waals surface area (Å²) in [5.41, 5.74) is 22.0. The van der Waals surface area contributed by atoms with Gasteiger partial charge in [0.25, 0.3) is 0 Å². The number of hydrogen-bond acceptors (Lipinski definition) is 5. The van der Waals surface area contributed by atoms with Gasteiger partial charge in [0.05, 0.1) is 50.0 Å². The first-order valence-electron chi connectivity index (χ1n) is 32.5. The Bertz CT molecular complexity index is 6070. The summed E-state index contributed by atoms with van der Waals surface area (Å²) in [5.74, 6) is 2.66. The molecule has 0 spiro atoms. The van der Waals surface area contributed by atoms with Gasteiger partial charge in [-0.2, -0.15) is 0 Å². The fourth-order valence-corrected chi connectivity index (χ4v) is 14.4. The Hall–Kier alpha value is -12.9. The van der Waals surface area contributed by atoms with Gasteiger partial charge in [0.1, 0.15) is 0 Å². The molecule has 19 rings (SSSR count). The molecule has 0 radical (unpaired) electrons. The summed E-state index contributed by atoms with van der Waals surface area (Å²) in [4.78, 5) is 24.8. The lowest BCUT2D eigenvalue weighted by atomic mass is 10.1. The van der Waals surface area contributed by atoms with E-state index in [1.165, 1.54) is 87.3 Å². The first-order chi connectivity index (χ1) is 47.5. The van der Waals surface area contributed by atoms with E-state index in [0.717, 1.165) is 73.2 Å². The molecule has 96 heavy (non-hydrogen) atoms. The molecule has 0 aliphatic carbocycles. The smallest absolute Gasteiger partial charge is 0.164 e. The van der Waals surface area contributed by atoms with Gasteiger partial charge in [-0.15, -0.1) is 0 Å². The molecular formula is C87H59N9. The van der Waals surface area contributed by atoms with E-state index in [2.05, 4.69) is 257 Å². The van der Waals surface area contributed by atoms with E-state index in [4.69, 9.17) is 24.9 Å². The predicted molar refractivity (Wildman–Crippen MR) is 396 cm³/mol. The quantitative estimate of drug-likeness (QED) is 0.144. The fraction of sp³-hybridized carbons (Fsp3) is 0.0230. The molecule has 6 heterocycles. The van der Waals surface area contributed by atoms with E-state index in [-0.39, 0.29) is 0 Å². The van der Waals surface area contributed by atoms with Crippen molar-refractivity contribution in [3.63, 3.8) is 0 Å². The molecule has 0 unspecified atom stereocenters. The molecule has 0 saturated carbocycles. The molecule has 0 N–H and O–H groups in total. The zero-order valence-corrected chi connectivity index (χ0v) is 52.6. The van der Waals surface area contributed by atoms with Crippen LogP contribution < -0.4 is 0 Å². The van der Waals surface area contributed by atoms with E-state index < -0.39 is 0 Å². The third-order valence-electron chi connectivity index (χ3n) is 18.8. The SMILES string of the molecule is Cc1cccc(-n2c3ccccc3c3c2ccc2c4ccccc4n(-c4ccc(-c5nc(-c6ccccc6)nc(-c6ccccc6)n5)cc4)c23)c1.Cn1c2ccccc2c2ccc3c(c4ccccc4n3-c3ccc(-c4cc(-c5ccccc5)nc(-c5ccccc5)n4)cc3)c21. The van der Waals surface area contributed by atoms with Crippen molar-refractivity contribution in [1.29, 1.82) is 0 Å². The summed E-state index contributed by atoms with van der Waals surface area (Å²) < 4.78 is 9.55. The fourth-order valence-electron chi connectivity index (χ4n) is 14.4. The number of fused-ring (bicyclic) bond motifs is 14. The first kappa shape index (κ1) is 55.9. The maximum Gasteiger partial charge on any atom is 0.164 e. The molecule has 452 valence electrons. The zero-order valence-electron chi connectivity index (χ0n) is 52.6. The predicted octanol–water partition coefficient (Wildman–Crippen LogP) is 21.6. The van der Waals surface area contributed by atoms with Gasteiger partial charge in [-0.1, -0.05) is 231 Å². The van der Waals surface area contributed by atoms with Crippen LogP contribution >= 0.6 is 0 Å². The van der Waals surface area contributed by atoms with Crippen molar-refractivity contribution in [1.82, 2.24) is 43.2 Å². The molecule has 9 nitrogen and oxygen atoms in total. The Morgan fingerprint density at radius 1 is 0.229 bits per heavy atom. The summed E-state index contributed by atoms with van der Waals surface area (Å²) in [6, 6.07) is 113. The molecule has 0 fully saturated rings. The van der Waals surface area contributed by atoms with E-state index >= 15 is 0 Å². The second kappa shape index (κ2) is 23.1. The van der Waals surface area contributed by atoms with Crippen molar-refractivity contribution in [3.05, 3.63) is 327 Å². The van der Waals surface area contributed by atoms with Crippen LogP contribution in [0, 0.1) is 6.92 Å². The number of aromatic nitrogens is 9. The molecule has 13 aromatic carbocycles. The van der Waals surface area contributed by atoms with Crippen LogP contribution in [0.15, 0.2) is 322 Å². The van der Waals surface area contributed by atoms with Gasteiger partial charge >= 0.3 is 0 Å². The first-order valence-corrected chi connectivity index (χ1v) is 32.5. The monoisotopic (exact) mass is 1230 g/mol. The average molecular weight is 1230 g/mol. The van der Waals surface area contributed by atoms with Gasteiger partial charge in [0.2, 0.25) is 0 Å². The van der Waals surface area contributed by atoms with Crippen molar-refractivity contribution < 1.29 is 0 Å². The van der Waals surface area contributed by atoms with Crippen molar-refractivity contribution >= 4 is 87.2 Å². The van der Waals surface area contributed by atoms with Crippen molar-refractivity contribution in [3.8, 4) is 85.1 Å². The standard InChI is InChI=1S/C46H31N5.C41H28N4/c1-30-13-12-18-35(29-30)50-40-22-11-9-20-38(40)42-41(50)28-27-37-36-19-8-10-21-39(36)51(43(37)42)34-25-23-33(24-26-34)46-48-44(31-14-4-2-5-15-31)47-45(49-46)32-16-6-3-7-17-32;1-44-36-18-10-8-16-31(36)32-24-25-38-39(40(32)44)33-17-9-11-19-37(33)45(38)30-22-20-28(21-23-30)35-26-34(27-12-4-2-5-13-27)42-41(43-35)29-14-6-3-7-15-29/h2-29H,1H3;2-26H,1H3. The highest BCUT2D eigenvalue weighted by Crippen LogP contribution is 2.44. The minimum atomic E-state index is 0.639. The topological polar surface area (TPSA) is 84.2 Å². The summed E-state index contributed by atoms with van der Waals surface area (Å²) >= 11 is 0. The lowest BCUT2D eigenvalue weighted by Gasteiger charge is -2.12. The summed E-state index contributed by atoms with van der Waals surface area (Å²) in [5, 5.41) is 10.0. The van der Waals surface area contributed by atoms with Gasteiger partial charge in [-0.05, 0) is 103 Å². The van der Waals surface area contributed by atoms with Crippen molar-refractivity contribution in [2.75, 3.05) is 0 Å². The average Bonchev–Trinajstić information content (AvgIpc) is 1.56. The Labute approximate surface area is 553 Å². The van der Waals surface area contributed by atoms with Crippen molar-refractivity contribution in [2.24, 2.45) is 7.05 Å². The number of rotatable bonds is 9. The maximum atomic E-state index is 5.04. The maximum absolute atomic E-state index is 5.04. The number of para-hydroxylation sites is 4. The van der Waals surface area contributed by atoms with Crippen LogP contribution in [0.1, 0.15) is 5.56 Å². The van der Waals surface area contributed by atoms with Crippen LogP contribution in [-0.2, 0) is 7.05 Å². The number of hydrogen-bond donors (Lipinski definition) is 0. The van der Waals surface area contributed by atoms with Crippen LogP contribution in [0.3, 0.4) is 0 Å². The largest absolute Gasteiger partial charge is 0.343 e. The molecule has 0 bridgehead atoms. The highest BCUT2D eigenvalue weighted by atomic mass is 15.0. The minimum absolute atomic E-state index is 0.639. The Balaban J connectivity index is 0.000000141. The Morgan fingerprint density at radius 2 is 0.594 bits per heavy atom. The van der Waals surface area contributed by atoms with Crippen LogP contribution in [0.2, 0.25) is 0 Å². The lowest BCUT2D eigenvalue weighted by molar-refractivity contribution is 1.02. The van der Waals surface area contributed by atoms with Crippen LogP contribution in [0.25, 0.3) is 172 Å². The number of aryl methyl sites for hydroxylation is 2. The van der Waals surface area contributed by atoms with Gasteiger partial charge in [-0.25, -0.2) is 24.9 Å². The van der Waals surface area contributed by atoms with Crippen molar-refractivity contribution in [2.45, 2.75) is 6.92 Å². The normalized spacial score (nSPS) is 11.6. The second-order valence-corrected chi connectivity index (χ2v) is 24.5. The van der Waals surface area contributed by atoms with E-state index in [0.29, 0.717) is 17.5 Å². The summed E-state index contributed by atoms with van der Waals surface area (Å²) in [6.07, 6.45) is 0. The molecule has 0 atom stereocenters. The lowest BCUT2D eigenvalue weighted by Crippen LogP contribution is -2.00. The molecule has 19 aromatic rings. The minimum Gasteiger partial charge on any atom is -0.343 e. The zero-order chi connectivity index (χ0) is 63.8. The third kappa shape index (κ3) is 9.43. The summed E-state index contributed by atoms with van der Waals surface area (Å²) in [6.45, 7) is 2.15. The Kier molecular flexibility index (Phi) is 13.4. The van der Waals surface area contributed by atoms with E-state index in [1.807, 2.05) is 97.1 Å². The van der Waals surface area contributed by atoms with Gasteiger partial charge < -0.3 is 18.3 Å². The highest BCUT2D eigenvalue weighted by molar-refractivity contribution is 6.27. The summed E-state index contributed by atoms with van der Waals surface area (Å²) in [7, 11) is 2.18. The third-order valence-corrected chi connectivity index (χ3v) is 18.8. The van der Waals surface area contributed by atoms with Crippen LogP contribution in [-0.4, -0.2) is 43.2 Å². The van der Waals surface area contributed by atoms with Gasteiger partial charge in [-0.3, -0.25) is 0 Å². The molecular weight excluding hydrogens is 1170 g/mol. The molecule has 0 saturated heterocycles. The second-order valence-electron chi connectivity index (χ2n) is 24.5. The number of benzene rings is 13. The van der Waals surface area contributed by atoms with E-state index in [9.17, 15) is 0 Å². The van der Waals surface area contributed by atoms with Crippen LogP contribution in [0.4, 0.5) is 0 Å². The van der Waals surface area contributed by atoms with Gasteiger partial charge in [0, 0.05) is 106 Å². The molecule has 0 aliphatic rings. The Morgan fingerprint density at radius 3 is 1.10 bits per heavy atom. The molecule has 0 aliphatic heterocycles. The number of nitrogens with zero attached hydrogens (tertiary/aromatic N) is 9. The van der Waals surface area contributed by atoms with E-state index in [1.54, 1.807) is 0 Å². The molecule has 6 aromatic heterocycles. The molecule has 9 heteroatoms. The van der Waals surface area contributed by atoms with Crippen LogP contribution in [0.5, 0.6) is 0 Å². The molecule has 0 amide bonds.